The Hall–Kier alpha value is -6.51. The van der Waals surface area contributed by atoms with Crippen LogP contribution in [0.1, 0.15) is 0 Å². The number of aryl methyl sites for hydroxylation is 1. The lowest BCUT2D eigenvalue weighted by atomic mass is 9.84. The normalized spacial score (nSPS) is 11.7. The van der Waals surface area contributed by atoms with E-state index in [1.807, 2.05) is 6.07 Å². The third kappa shape index (κ3) is 4.53. The fraction of sp³-hybridized carbons (Fsp3) is 0.0208. The average molecular weight is 637 g/mol. The number of aromatic nitrogens is 2. The van der Waals surface area contributed by atoms with E-state index in [2.05, 4.69) is 181 Å². The lowest BCUT2D eigenvalue weighted by Crippen LogP contribution is -1.93. The van der Waals surface area contributed by atoms with Crippen molar-refractivity contribution in [2.24, 2.45) is 7.05 Å². The van der Waals surface area contributed by atoms with Crippen molar-refractivity contribution in [2.75, 3.05) is 0 Å². The summed E-state index contributed by atoms with van der Waals surface area (Å²) >= 11 is 0. The monoisotopic (exact) mass is 636 g/mol. The van der Waals surface area contributed by atoms with E-state index in [-0.39, 0.29) is 0 Å². The molecular weight excluding hydrogens is 605 g/mol. The third-order valence-corrected chi connectivity index (χ3v) is 10.4. The largest absolute Gasteiger partial charge is 0.327 e. The second-order valence-electron chi connectivity index (χ2n) is 13.2. The Morgan fingerprint density at radius 3 is 1.48 bits per heavy atom. The molecule has 9 aromatic carbocycles. The van der Waals surface area contributed by atoms with Crippen LogP contribution in [0.4, 0.5) is 0 Å². The molecule has 0 N–H and O–H groups in total. The van der Waals surface area contributed by atoms with E-state index >= 15 is 0 Å². The lowest BCUT2D eigenvalue weighted by molar-refractivity contribution is 0.959. The minimum absolute atomic E-state index is 0.973. The Kier molecular flexibility index (Phi) is 6.43. The topological polar surface area (TPSA) is 17.8 Å². The standard InChI is InChI=1S/C48H32N2/c1-50-45-17-9-8-16-44(45)49-48(50)34-22-18-33(19-23-34)37-26-27-42-43(30-37)47(39-25-21-32-11-3-5-13-36(32)29-39)41-15-7-6-14-40(41)46(42)38-24-20-31-10-2-4-12-35(31)28-38/h2-30H,1H3. The van der Waals surface area contributed by atoms with Gasteiger partial charge in [-0.15, -0.1) is 0 Å². The van der Waals surface area contributed by atoms with Gasteiger partial charge in [-0.25, -0.2) is 4.98 Å². The molecule has 1 heterocycles. The van der Waals surface area contributed by atoms with Crippen LogP contribution in [0.15, 0.2) is 176 Å². The van der Waals surface area contributed by atoms with Crippen LogP contribution in [0.25, 0.3) is 98.9 Å². The number of nitrogens with zero attached hydrogens (tertiary/aromatic N) is 2. The molecule has 1 aromatic heterocycles. The first kappa shape index (κ1) is 28.5. The maximum Gasteiger partial charge on any atom is 0.140 e. The maximum absolute atomic E-state index is 4.94. The SMILES string of the molecule is Cn1c(-c2ccc(-c3ccc4c(-c5ccc6ccccc6c5)c5ccccc5c(-c5ccc6ccccc6c5)c4c3)cc2)nc2ccccc21. The summed E-state index contributed by atoms with van der Waals surface area (Å²) in [6.45, 7) is 0. The van der Waals surface area contributed by atoms with Crippen molar-refractivity contribution in [1.82, 2.24) is 9.55 Å². The van der Waals surface area contributed by atoms with Crippen LogP contribution >= 0.6 is 0 Å². The third-order valence-electron chi connectivity index (χ3n) is 10.4. The van der Waals surface area contributed by atoms with Gasteiger partial charge in [-0.1, -0.05) is 146 Å². The van der Waals surface area contributed by atoms with Crippen molar-refractivity contribution >= 4 is 54.1 Å². The van der Waals surface area contributed by atoms with E-state index in [1.165, 1.54) is 76.5 Å². The first-order valence-electron chi connectivity index (χ1n) is 17.2. The van der Waals surface area contributed by atoms with Gasteiger partial charge in [0, 0.05) is 12.6 Å². The smallest absolute Gasteiger partial charge is 0.140 e. The summed E-state index contributed by atoms with van der Waals surface area (Å²) in [4.78, 5) is 4.94. The second kappa shape index (κ2) is 11.3. The van der Waals surface area contributed by atoms with Gasteiger partial charge in [0.05, 0.1) is 11.0 Å². The van der Waals surface area contributed by atoms with Crippen molar-refractivity contribution in [3.63, 3.8) is 0 Å². The van der Waals surface area contributed by atoms with Gasteiger partial charge < -0.3 is 4.57 Å². The molecule has 10 rings (SSSR count). The van der Waals surface area contributed by atoms with E-state index in [1.54, 1.807) is 0 Å². The van der Waals surface area contributed by atoms with Crippen molar-refractivity contribution in [3.05, 3.63) is 176 Å². The molecule has 234 valence electrons. The molecule has 0 unspecified atom stereocenters. The quantitative estimate of drug-likeness (QED) is 0.176. The number of benzene rings is 9. The number of fused-ring (bicyclic) bond motifs is 5. The molecule has 2 nitrogen and oxygen atoms in total. The zero-order chi connectivity index (χ0) is 33.2. The second-order valence-corrected chi connectivity index (χ2v) is 13.2. The molecule has 0 aliphatic carbocycles. The molecule has 0 radical (unpaired) electrons. The fourth-order valence-corrected chi connectivity index (χ4v) is 7.89. The minimum atomic E-state index is 0.973. The van der Waals surface area contributed by atoms with Crippen LogP contribution < -0.4 is 0 Å². The molecule has 0 saturated heterocycles. The van der Waals surface area contributed by atoms with E-state index in [0.717, 1.165) is 22.4 Å². The summed E-state index contributed by atoms with van der Waals surface area (Å²) in [7, 11) is 2.09. The Bertz CT molecular complexity index is 2930. The summed E-state index contributed by atoms with van der Waals surface area (Å²) in [6, 6.07) is 64.2. The van der Waals surface area contributed by atoms with Crippen LogP contribution in [0.5, 0.6) is 0 Å². The molecular formula is C48H32N2. The van der Waals surface area contributed by atoms with E-state index in [0.29, 0.717) is 0 Å². The van der Waals surface area contributed by atoms with Crippen molar-refractivity contribution in [2.45, 2.75) is 0 Å². The molecule has 0 aliphatic rings. The van der Waals surface area contributed by atoms with Crippen LogP contribution in [-0.2, 0) is 7.05 Å². The van der Waals surface area contributed by atoms with Crippen molar-refractivity contribution in [1.29, 1.82) is 0 Å². The maximum atomic E-state index is 4.94. The van der Waals surface area contributed by atoms with Crippen molar-refractivity contribution in [3.8, 4) is 44.8 Å². The molecule has 0 amide bonds. The van der Waals surface area contributed by atoms with Crippen LogP contribution in [-0.4, -0.2) is 9.55 Å². The van der Waals surface area contributed by atoms with Gasteiger partial charge in [0.25, 0.3) is 0 Å². The van der Waals surface area contributed by atoms with Gasteiger partial charge >= 0.3 is 0 Å². The van der Waals surface area contributed by atoms with Crippen LogP contribution in [0.2, 0.25) is 0 Å². The first-order chi connectivity index (χ1) is 24.7. The molecule has 0 saturated carbocycles. The van der Waals surface area contributed by atoms with Crippen LogP contribution in [0, 0.1) is 0 Å². The minimum Gasteiger partial charge on any atom is -0.327 e. The zero-order valence-corrected chi connectivity index (χ0v) is 27.6. The van der Waals surface area contributed by atoms with E-state index in [4.69, 9.17) is 4.98 Å². The van der Waals surface area contributed by atoms with Gasteiger partial charge in [0.15, 0.2) is 0 Å². The van der Waals surface area contributed by atoms with Gasteiger partial charge in [-0.2, -0.15) is 0 Å². The highest BCUT2D eigenvalue weighted by atomic mass is 15.1. The number of para-hydroxylation sites is 2. The van der Waals surface area contributed by atoms with Gasteiger partial charge in [-0.3, -0.25) is 0 Å². The molecule has 0 atom stereocenters. The van der Waals surface area contributed by atoms with Crippen LogP contribution in [0.3, 0.4) is 0 Å². The molecule has 10 aromatic rings. The predicted molar refractivity (Wildman–Crippen MR) is 212 cm³/mol. The molecule has 50 heavy (non-hydrogen) atoms. The predicted octanol–water partition coefficient (Wildman–Crippen LogP) is 12.9. The average Bonchev–Trinajstić information content (AvgIpc) is 3.52. The highest BCUT2D eigenvalue weighted by molar-refractivity contribution is 6.22. The molecule has 0 fully saturated rings. The Labute approximate surface area is 290 Å². The summed E-state index contributed by atoms with van der Waals surface area (Å²) in [5.74, 6) is 0.973. The van der Waals surface area contributed by atoms with Gasteiger partial charge in [0.2, 0.25) is 0 Å². The molecule has 0 bridgehead atoms. The number of rotatable bonds is 4. The van der Waals surface area contributed by atoms with Crippen molar-refractivity contribution < 1.29 is 0 Å². The Morgan fingerprint density at radius 2 is 0.840 bits per heavy atom. The number of hydrogen-bond acceptors (Lipinski definition) is 1. The number of imidazole rings is 1. The molecule has 2 heteroatoms. The summed E-state index contributed by atoms with van der Waals surface area (Å²) < 4.78 is 2.18. The highest BCUT2D eigenvalue weighted by Gasteiger charge is 2.18. The number of hydrogen-bond donors (Lipinski definition) is 0. The first-order valence-corrected chi connectivity index (χ1v) is 17.2. The Morgan fingerprint density at radius 1 is 0.360 bits per heavy atom. The van der Waals surface area contributed by atoms with Gasteiger partial charge in [-0.05, 0) is 107 Å². The molecule has 0 spiro atoms. The summed E-state index contributed by atoms with van der Waals surface area (Å²) in [6.07, 6.45) is 0. The highest BCUT2D eigenvalue weighted by Crippen LogP contribution is 2.45. The lowest BCUT2D eigenvalue weighted by Gasteiger charge is -2.19. The Balaban J connectivity index is 1.21. The van der Waals surface area contributed by atoms with E-state index in [9.17, 15) is 0 Å². The zero-order valence-electron chi connectivity index (χ0n) is 27.6. The van der Waals surface area contributed by atoms with E-state index < -0.39 is 0 Å². The fourth-order valence-electron chi connectivity index (χ4n) is 7.89. The van der Waals surface area contributed by atoms with Gasteiger partial charge in [0.1, 0.15) is 5.82 Å². The summed E-state index contributed by atoms with van der Waals surface area (Å²) in [5.41, 5.74) is 10.6. The summed E-state index contributed by atoms with van der Waals surface area (Å²) in [5, 5.41) is 10.0. The molecule has 0 aliphatic heterocycles.